The summed E-state index contributed by atoms with van der Waals surface area (Å²) in [5.74, 6) is 1.05. The first-order valence-corrected chi connectivity index (χ1v) is 9.77. The van der Waals surface area contributed by atoms with Crippen molar-refractivity contribution in [1.29, 1.82) is 0 Å². The third-order valence-electron chi connectivity index (χ3n) is 5.74. The lowest BCUT2D eigenvalue weighted by atomic mass is 9.91. The maximum absolute atomic E-state index is 13.0. The summed E-state index contributed by atoms with van der Waals surface area (Å²) in [6, 6.07) is 6.60. The van der Waals surface area contributed by atoms with E-state index in [9.17, 15) is 18.0 Å². The predicted octanol–water partition coefficient (Wildman–Crippen LogP) is 2.93. The number of aromatic amines is 1. The van der Waals surface area contributed by atoms with Crippen molar-refractivity contribution in [2.45, 2.75) is 43.9 Å². The maximum Gasteiger partial charge on any atom is 0.427 e. The minimum atomic E-state index is -4.46. The Bertz CT molecular complexity index is 879. The van der Waals surface area contributed by atoms with E-state index in [4.69, 9.17) is 4.74 Å². The molecule has 162 valence electrons. The van der Waals surface area contributed by atoms with Gasteiger partial charge in [0.05, 0.1) is 0 Å². The van der Waals surface area contributed by atoms with Crippen LogP contribution in [0, 0.1) is 0 Å². The van der Waals surface area contributed by atoms with Gasteiger partial charge in [-0.2, -0.15) is 18.4 Å². The maximum atomic E-state index is 13.0. The molecule has 1 N–H and O–H groups in total. The number of alkyl halides is 3. The van der Waals surface area contributed by atoms with E-state index in [1.165, 1.54) is 0 Å². The Morgan fingerprint density at radius 3 is 2.37 bits per heavy atom. The monoisotopic (exact) mass is 424 g/mol. The fraction of sp³-hybridized carbons (Fsp3) is 0.579. The van der Waals surface area contributed by atoms with Crippen LogP contribution in [0.25, 0.3) is 0 Å². The minimum absolute atomic E-state index is 0.0101. The molecular weight excluding hydrogens is 401 g/mol. The Hall–Kier alpha value is -2.85. The van der Waals surface area contributed by atoms with Gasteiger partial charge in [-0.15, -0.1) is 10.2 Å². The lowest BCUT2D eigenvalue weighted by molar-refractivity contribution is -0.234. The Labute approximate surface area is 171 Å². The second-order valence-corrected chi connectivity index (χ2v) is 8.27. The molecule has 0 bridgehead atoms. The molecule has 0 aliphatic carbocycles. The normalized spacial score (nSPS) is 20.4. The molecule has 11 heteroatoms. The second-order valence-electron chi connectivity index (χ2n) is 8.27. The second kappa shape index (κ2) is 7.44. The molecule has 2 aliphatic heterocycles. The van der Waals surface area contributed by atoms with Gasteiger partial charge in [0, 0.05) is 38.0 Å². The van der Waals surface area contributed by atoms with Crippen LogP contribution in [0.5, 0.6) is 5.75 Å². The van der Waals surface area contributed by atoms with E-state index in [0.717, 1.165) is 25.8 Å². The summed E-state index contributed by atoms with van der Waals surface area (Å²) >= 11 is 0. The summed E-state index contributed by atoms with van der Waals surface area (Å²) < 4.78 is 44.0. The van der Waals surface area contributed by atoms with Crippen molar-refractivity contribution in [3.8, 4) is 5.75 Å². The number of hydrogen-bond donors (Lipinski definition) is 1. The average Bonchev–Trinajstić information content (AvgIpc) is 3.32. The molecule has 8 nitrogen and oxygen atoms in total. The van der Waals surface area contributed by atoms with Crippen LogP contribution in [-0.2, 0) is 0 Å². The van der Waals surface area contributed by atoms with E-state index in [1.54, 1.807) is 34.1 Å². The molecule has 2 saturated heterocycles. The minimum Gasteiger partial charge on any atom is -0.478 e. The Morgan fingerprint density at radius 1 is 1.10 bits per heavy atom. The summed E-state index contributed by atoms with van der Waals surface area (Å²) in [4.78, 5) is 16.3. The molecule has 30 heavy (non-hydrogen) atoms. The standard InChI is InChI=1S/C19H23F3N6O2/c1-18(2,19(20,21)22)30-15-5-3-12(4-6-15)14-10-28(11-14)17(29)27-8-7-13(9-27)16-23-25-26-24-16/h3-6,13-14H,7-11H2,1-2H3,(H,23,24,25,26). The molecule has 1 aromatic carbocycles. The molecule has 2 amide bonds. The number of carbonyl (C=O) groups is 1. The van der Waals surface area contributed by atoms with Gasteiger partial charge in [-0.1, -0.05) is 17.3 Å². The van der Waals surface area contributed by atoms with Gasteiger partial charge in [-0.3, -0.25) is 0 Å². The van der Waals surface area contributed by atoms with Gasteiger partial charge < -0.3 is 14.5 Å². The molecule has 2 aromatic rings. The topological polar surface area (TPSA) is 87.2 Å². The first-order valence-electron chi connectivity index (χ1n) is 9.77. The zero-order chi connectivity index (χ0) is 21.5. The largest absolute Gasteiger partial charge is 0.478 e. The molecule has 1 unspecified atom stereocenters. The van der Waals surface area contributed by atoms with E-state index < -0.39 is 11.8 Å². The third-order valence-corrected chi connectivity index (χ3v) is 5.74. The van der Waals surface area contributed by atoms with Crippen LogP contribution in [0.3, 0.4) is 0 Å². The molecule has 2 fully saturated rings. The SMILES string of the molecule is CC(C)(Oc1ccc(C2CN(C(=O)N3CCC(c4nn[nH]n4)C3)C2)cc1)C(F)(F)F. The van der Waals surface area contributed by atoms with Gasteiger partial charge in [-0.25, -0.2) is 4.79 Å². The zero-order valence-electron chi connectivity index (χ0n) is 16.7. The van der Waals surface area contributed by atoms with Gasteiger partial charge >= 0.3 is 12.2 Å². The highest BCUT2D eigenvalue weighted by molar-refractivity contribution is 5.76. The summed E-state index contributed by atoms with van der Waals surface area (Å²) in [6.45, 7) is 4.38. The quantitative estimate of drug-likeness (QED) is 0.816. The highest BCUT2D eigenvalue weighted by atomic mass is 19.4. The Kier molecular flexibility index (Phi) is 5.07. The molecule has 2 aliphatic rings. The third kappa shape index (κ3) is 3.92. The number of tetrazole rings is 1. The van der Waals surface area contributed by atoms with E-state index in [-0.39, 0.29) is 23.6 Å². The highest BCUT2D eigenvalue weighted by Gasteiger charge is 2.49. The van der Waals surface area contributed by atoms with Crippen LogP contribution in [0.2, 0.25) is 0 Å². The summed E-state index contributed by atoms with van der Waals surface area (Å²) in [5.41, 5.74) is -1.29. The number of benzene rings is 1. The van der Waals surface area contributed by atoms with Crippen LogP contribution < -0.4 is 4.74 Å². The van der Waals surface area contributed by atoms with Gasteiger partial charge in [-0.05, 0) is 38.0 Å². The fourth-order valence-corrected chi connectivity index (χ4v) is 3.69. The highest BCUT2D eigenvalue weighted by Crippen LogP contribution is 2.35. The number of halogens is 3. The number of likely N-dealkylation sites (tertiary alicyclic amines) is 2. The van der Waals surface area contributed by atoms with E-state index >= 15 is 0 Å². The van der Waals surface area contributed by atoms with E-state index in [1.807, 2.05) is 0 Å². The molecule has 0 radical (unpaired) electrons. The summed E-state index contributed by atoms with van der Waals surface area (Å²) in [6.07, 6.45) is -3.66. The summed E-state index contributed by atoms with van der Waals surface area (Å²) in [7, 11) is 0. The number of rotatable bonds is 4. The first-order chi connectivity index (χ1) is 14.1. The van der Waals surface area contributed by atoms with Crippen molar-refractivity contribution in [3.05, 3.63) is 35.7 Å². The molecule has 1 atom stereocenters. The van der Waals surface area contributed by atoms with Crippen molar-refractivity contribution < 1.29 is 22.7 Å². The van der Waals surface area contributed by atoms with Crippen LogP contribution in [-0.4, -0.2) is 74.4 Å². The first kappa shape index (κ1) is 20.4. The molecule has 0 saturated carbocycles. The lowest BCUT2D eigenvalue weighted by Gasteiger charge is -2.41. The van der Waals surface area contributed by atoms with Crippen molar-refractivity contribution in [2.75, 3.05) is 26.2 Å². The molecule has 1 aromatic heterocycles. The number of nitrogens with zero attached hydrogens (tertiary/aromatic N) is 5. The summed E-state index contributed by atoms with van der Waals surface area (Å²) in [5, 5.41) is 14.0. The number of carbonyl (C=O) groups excluding carboxylic acids is 1. The number of nitrogens with one attached hydrogen (secondary N) is 1. The van der Waals surface area contributed by atoms with Crippen molar-refractivity contribution >= 4 is 6.03 Å². The number of ether oxygens (including phenoxy) is 1. The van der Waals surface area contributed by atoms with Gasteiger partial charge in [0.25, 0.3) is 0 Å². The van der Waals surface area contributed by atoms with E-state index in [2.05, 4.69) is 20.6 Å². The molecular formula is C19H23F3N6O2. The number of hydrogen-bond acceptors (Lipinski definition) is 5. The van der Waals surface area contributed by atoms with Crippen molar-refractivity contribution in [2.24, 2.45) is 0 Å². The smallest absolute Gasteiger partial charge is 0.427 e. The van der Waals surface area contributed by atoms with Crippen LogP contribution >= 0.6 is 0 Å². The molecule has 3 heterocycles. The molecule has 0 spiro atoms. The van der Waals surface area contributed by atoms with Crippen LogP contribution in [0.1, 0.15) is 43.5 Å². The number of amides is 2. The molecule has 4 rings (SSSR count). The van der Waals surface area contributed by atoms with Gasteiger partial charge in [0.15, 0.2) is 11.4 Å². The van der Waals surface area contributed by atoms with Crippen LogP contribution in [0.15, 0.2) is 24.3 Å². The van der Waals surface area contributed by atoms with Crippen molar-refractivity contribution in [1.82, 2.24) is 30.4 Å². The van der Waals surface area contributed by atoms with Gasteiger partial charge in [0.2, 0.25) is 0 Å². The number of aromatic nitrogens is 4. The number of urea groups is 1. The van der Waals surface area contributed by atoms with Gasteiger partial charge in [0.1, 0.15) is 5.75 Å². The Morgan fingerprint density at radius 2 is 1.77 bits per heavy atom. The fourth-order valence-electron chi connectivity index (χ4n) is 3.69. The zero-order valence-corrected chi connectivity index (χ0v) is 16.7. The number of H-pyrrole nitrogens is 1. The average molecular weight is 424 g/mol. The van der Waals surface area contributed by atoms with E-state index in [0.29, 0.717) is 32.0 Å². The predicted molar refractivity (Wildman–Crippen MR) is 100 cm³/mol. The van der Waals surface area contributed by atoms with Crippen molar-refractivity contribution in [3.63, 3.8) is 0 Å². The van der Waals surface area contributed by atoms with Crippen LogP contribution in [0.4, 0.5) is 18.0 Å². The lowest BCUT2D eigenvalue weighted by Crippen LogP contribution is -2.53. The Balaban J connectivity index is 1.29.